The number of anilines is 1. The fourth-order valence-electron chi connectivity index (χ4n) is 3.61. The van der Waals surface area contributed by atoms with E-state index in [9.17, 15) is 17.6 Å². The summed E-state index contributed by atoms with van der Waals surface area (Å²) >= 11 is 0. The van der Waals surface area contributed by atoms with E-state index in [-0.39, 0.29) is 16.8 Å². The number of rotatable bonds is 7. The van der Waals surface area contributed by atoms with Gasteiger partial charge >= 0.3 is 0 Å². The molecule has 9 nitrogen and oxygen atoms in total. The van der Waals surface area contributed by atoms with Gasteiger partial charge in [-0.15, -0.1) is 0 Å². The normalized spacial score (nSPS) is 12.5. The number of pyridine rings is 2. The molecule has 3 heterocycles. The van der Waals surface area contributed by atoms with Crippen molar-refractivity contribution >= 4 is 32.5 Å². The van der Waals surface area contributed by atoms with E-state index in [0.29, 0.717) is 40.0 Å². The summed E-state index contributed by atoms with van der Waals surface area (Å²) in [5, 5.41) is 10.7. The molecule has 4 aromatic rings. The fourth-order valence-corrected chi connectivity index (χ4v) is 4.23. The summed E-state index contributed by atoms with van der Waals surface area (Å²) in [6.07, 6.45) is 6.20. The number of benzene rings is 1. The highest BCUT2D eigenvalue weighted by Gasteiger charge is 2.21. The lowest BCUT2D eigenvalue weighted by Gasteiger charge is -2.19. The van der Waals surface area contributed by atoms with Gasteiger partial charge in [0.25, 0.3) is 5.91 Å². The molecule has 11 heteroatoms. The Balaban J connectivity index is 1.68. The minimum atomic E-state index is -3.54. The number of sulfone groups is 1. The average Bonchev–Trinajstić information content (AvgIpc) is 3.26. The molecule has 0 aliphatic carbocycles. The highest BCUT2D eigenvalue weighted by Crippen LogP contribution is 2.25. The van der Waals surface area contributed by atoms with Crippen LogP contribution in [0.25, 0.3) is 16.6 Å². The molecule has 0 saturated heterocycles. The molecule has 0 saturated carbocycles. The van der Waals surface area contributed by atoms with Gasteiger partial charge in [-0.2, -0.15) is 5.10 Å². The molecule has 34 heavy (non-hydrogen) atoms. The van der Waals surface area contributed by atoms with Crippen molar-refractivity contribution < 1.29 is 17.6 Å². The highest BCUT2D eigenvalue weighted by molar-refractivity contribution is 7.90. The second kappa shape index (κ2) is 9.18. The second-order valence-electron chi connectivity index (χ2n) is 7.73. The Kier molecular flexibility index (Phi) is 6.29. The van der Waals surface area contributed by atoms with Gasteiger partial charge in [-0.25, -0.2) is 22.5 Å². The SMILES string of the molecule is CCC(NC(=O)c1cncc2c1cnn2-c1ccc(F)cc1)c1cc(NC)nc(S(C)(=O)=O)c1. The van der Waals surface area contributed by atoms with Gasteiger partial charge in [0.15, 0.2) is 14.9 Å². The number of hydrogen-bond acceptors (Lipinski definition) is 7. The first kappa shape index (κ1) is 23.3. The summed E-state index contributed by atoms with van der Waals surface area (Å²) in [6.45, 7) is 1.88. The maximum atomic E-state index is 13.3. The maximum Gasteiger partial charge on any atom is 0.254 e. The third-order valence-electron chi connectivity index (χ3n) is 5.39. The van der Waals surface area contributed by atoms with Crippen LogP contribution >= 0.6 is 0 Å². The van der Waals surface area contributed by atoms with Gasteiger partial charge in [0.05, 0.1) is 35.2 Å². The van der Waals surface area contributed by atoms with Crippen LogP contribution in [0.15, 0.2) is 60.0 Å². The van der Waals surface area contributed by atoms with Crippen molar-refractivity contribution in [3.8, 4) is 5.69 Å². The van der Waals surface area contributed by atoms with Gasteiger partial charge in [-0.3, -0.25) is 9.78 Å². The van der Waals surface area contributed by atoms with Crippen molar-refractivity contribution in [2.24, 2.45) is 0 Å². The Morgan fingerprint density at radius 1 is 1.15 bits per heavy atom. The average molecular weight is 483 g/mol. The molecule has 0 fully saturated rings. The summed E-state index contributed by atoms with van der Waals surface area (Å²) in [5.41, 5.74) is 2.15. The van der Waals surface area contributed by atoms with E-state index < -0.39 is 15.9 Å². The molecule has 0 spiro atoms. The second-order valence-corrected chi connectivity index (χ2v) is 9.70. The largest absolute Gasteiger partial charge is 0.373 e. The molecular weight excluding hydrogens is 459 g/mol. The van der Waals surface area contributed by atoms with Crippen LogP contribution in [-0.4, -0.2) is 47.4 Å². The Hall–Kier alpha value is -3.86. The number of carbonyl (C=O) groups is 1. The molecule has 1 amide bonds. The molecule has 2 N–H and O–H groups in total. The van der Waals surface area contributed by atoms with Crippen molar-refractivity contribution in [3.05, 3.63) is 71.9 Å². The van der Waals surface area contributed by atoms with Crippen LogP contribution in [0.3, 0.4) is 0 Å². The molecule has 1 aromatic carbocycles. The zero-order valence-electron chi connectivity index (χ0n) is 18.8. The molecule has 0 radical (unpaired) electrons. The van der Waals surface area contributed by atoms with Crippen LogP contribution in [0.4, 0.5) is 10.2 Å². The van der Waals surface area contributed by atoms with Crippen molar-refractivity contribution in [2.75, 3.05) is 18.6 Å². The fraction of sp³-hybridized carbons (Fsp3) is 0.217. The minimum Gasteiger partial charge on any atom is -0.373 e. The number of nitrogens with zero attached hydrogens (tertiary/aromatic N) is 4. The number of aromatic nitrogens is 4. The van der Waals surface area contributed by atoms with E-state index >= 15 is 0 Å². The van der Waals surface area contributed by atoms with Gasteiger partial charge in [0, 0.05) is 24.9 Å². The van der Waals surface area contributed by atoms with Gasteiger partial charge in [-0.05, 0) is 48.4 Å². The quantitative estimate of drug-likeness (QED) is 0.415. The molecule has 1 unspecified atom stereocenters. The lowest BCUT2D eigenvalue weighted by Crippen LogP contribution is -2.28. The minimum absolute atomic E-state index is 0.0774. The van der Waals surface area contributed by atoms with Gasteiger partial charge < -0.3 is 10.6 Å². The Morgan fingerprint density at radius 3 is 2.53 bits per heavy atom. The van der Waals surface area contributed by atoms with Crippen LogP contribution in [0, 0.1) is 5.82 Å². The molecule has 3 aromatic heterocycles. The van der Waals surface area contributed by atoms with E-state index in [0.717, 1.165) is 6.26 Å². The predicted octanol–water partition coefficient (Wildman–Crippen LogP) is 3.28. The summed E-state index contributed by atoms with van der Waals surface area (Å²) in [4.78, 5) is 21.5. The summed E-state index contributed by atoms with van der Waals surface area (Å²) in [5.74, 6) is -0.358. The number of halogens is 1. The van der Waals surface area contributed by atoms with E-state index in [1.165, 1.54) is 24.4 Å². The van der Waals surface area contributed by atoms with E-state index in [4.69, 9.17) is 0 Å². The smallest absolute Gasteiger partial charge is 0.254 e. The van der Waals surface area contributed by atoms with Crippen LogP contribution in [0.5, 0.6) is 0 Å². The molecule has 176 valence electrons. The summed E-state index contributed by atoms with van der Waals surface area (Å²) in [6, 6.07) is 8.54. The van der Waals surface area contributed by atoms with Gasteiger partial charge in [0.2, 0.25) is 0 Å². The highest BCUT2D eigenvalue weighted by atomic mass is 32.2. The first-order valence-electron chi connectivity index (χ1n) is 10.5. The predicted molar refractivity (Wildman–Crippen MR) is 126 cm³/mol. The Bertz CT molecular complexity index is 1470. The number of carbonyl (C=O) groups excluding carboxylic acids is 1. The first-order valence-corrected chi connectivity index (χ1v) is 12.4. The van der Waals surface area contributed by atoms with Gasteiger partial charge in [0.1, 0.15) is 11.6 Å². The molecule has 0 bridgehead atoms. The third kappa shape index (κ3) is 4.60. The number of nitrogens with one attached hydrogen (secondary N) is 2. The zero-order valence-corrected chi connectivity index (χ0v) is 19.6. The number of amides is 1. The monoisotopic (exact) mass is 482 g/mol. The summed E-state index contributed by atoms with van der Waals surface area (Å²) < 4.78 is 39.0. The number of hydrogen-bond donors (Lipinski definition) is 2. The first-order chi connectivity index (χ1) is 16.2. The zero-order chi connectivity index (χ0) is 24.5. The topological polar surface area (TPSA) is 119 Å². The molecule has 4 rings (SSSR count). The van der Waals surface area contributed by atoms with Crippen molar-refractivity contribution in [1.82, 2.24) is 25.1 Å². The molecule has 0 aliphatic rings. The van der Waals surface area contributed by atoms with Crippen molar-refractivity contribution in [1.29, 1.82) is 0 Å². The number of fused-ring (bicyclic) bond motifs is 1. The molecule has 1 atom stereocenters. The van der Waals surface area contributed by atoms with Crippen LogP contribution < -0.4 is 10.6 Å². The summed E-state index contributed by atoms with van der Waals surface area (Å²) in [7, 11) is -1.90. The molecule has 0 aliphatic heterocycles. The standard InChI is InChI=1S/C23H23FN6O3S/c1-4-19(14-9-21(25-2)29-22(10-14)34(3,32)33)28-23(31)18-11-26-13-20-17(18)12-27-30(20)16-7-5-15(24)6-8-16/h5-13,19H,4H2,1-3H3,(H,25,29)(H,28,31). The Labute approximate surface area is 196 Å². The van der Waals surface area contributed by atoms with Crippen LogP contribution in [0.2, 0.25) is 0 Å². The van der Waals surface area contributed by atoms with E-state index in [1.807, 2.05) is 6.92 Å². The lowest BCUT2D eigenvalue weighted by atomic mass is 10.0. The van der Waals surface area contributed by atoms with Crippen LogP contribution in [0.1, 0.15) is 35.3 Å². The molecular formula is C23H23FN6O3S. The lowest BCUT2D eigenvalue weighted by molar-refractivity contribution is 0.0937. The van der Waals surface area contributed by atoms with E-state index in [2.05, 4.69) is 25.7 Å². The Morgan fingerprint density at radius 2 is 1.88 bits per heavy atom. The van der Waals surface area contributed by atoms with Crippen molar-refractivity contribution in [2.45, 2.75) is 24.4 Å². The third-order valence-corrected chi connectivity index (χ3v) is 6.36. The van der Waals surface area contributed by atoms with Crippen molar-refractivity contribution in [3.63, 3.8) is 0 Å². The van der Waals surface area contributed by atoms with E-state index in [1.54, 1.807) is 42.3 Å². The van der Waals surface area contributed by atoms with Crippen LogP contribution in [-0.2, 0) is 9.84 Å². The van der Waals surface area contributed by atoms with Gasteiger partial charge in [-0.1, -0.05) is 6.92 Å². The maximum absolute atomic E-state index is 13.3.